The van der Waals surface area contributed by atoms with Crippen LogP contribution in [0.1, 0.15) is 15.9 Å². The number of aromatic nitrogens is 2. The van der Waals surface area contributed by atoms with Crippen molar-refractivity contribution in [3.05, 3.63) is 65.9 Å². The third-order valence-electron chi connectivity index (χ3n) is 4.23. The van der Waals surface area contributed by atoms with E-state index in [4.69, 9.17) is 10.5 Å². The Morgan fingerprint density at radius 1 is 1.14 bits per heavy atom. The first-order valence-corrected chi connectivity index (χ1v) is 8.87. The fourth-order valence-electron chi connectivity index (χ4n) is 2.76. The van der Waals surface area contributed by atoms with Gasteiger partial charge < -0.3 is 15.8 Å². The summed E-state index contributed by atoms with van der Waals surface area (Å²) in [5.74, 6) is -0.669. The Kier molecular flexibility index (Phi) is 5.86. The third kappa shape index (κ3) is 4.27. The van der Waals surface area contributed by atoms with Crippen LogP contribution in [0.2, 0.25) is 0 Å². The maximum atomic E-state index is 12.4. The molecule has 0 fully saturated rings. The summed E-state index contributed by atoms with van der Waals surface area (Å²) in [6, 6.07) is 13.9. The summed E-state index contributed by atoms with van der Waals surface area (Å²) in [5.41, 5.74) is 8.94. The first kappa shape index (κ1) is 19.3. The molecule has 3 N–H and O–H groups in total. The van der Waals surface area contributed by atoms with Crippen molar-refractivity contribution >= 4 is 17.4 Å². The van der Waals surface area contributed by atoms with E-state index in [0.717, 1.165) is 16.8 Å². The molecule has 0 aliphatic carbocycles. The monoisotopic (exact) mass is 378 g/mol. The summed E-state index contributed by atoms with van der Waals surface area (Å²) >= 11 is 0. The van der Waals surface area contributed by atoms with E-state index < -0.39 is 11.7 Å². The number of rotatable bonds is 7. The van der Waals surface area contributed by atoms with Gasteiger partial charge in [0.05, 0.1) is 5.69 Å². The van der Waals surface area contributed by atoms with E-state index in [9.17, 15) is 9.59 Å². The largest absolute Gasteiger partial charge is 0.492 e. The van der Waals surface area contributed by atoms with Crippen LogP contribution in [0.15, 0.2) is 54.7 Å². The van der Waals surface area contributed by atoms with Crippen LogP contribution in [-0.4, -0.2) is 34.6 Å². The van der Waals surface area contributed by atoms with Crippen molar-refractivity contribution in [2.45, 2.75) is 6.92 Å². The summed E-state index contributed by atoms with van der Waals surface area (Å²) in [6.45, 7) is 2.67. The van der Waals surface area contributed by atoms with Gasteiger partial charge in [-0.2, -0.15) is 5.10 Å². The van der Waals surface area contributed by atoms with Gasteiger partial charge in [0.1, 0.15) is 12.4 Å². The summed E-state index contributed by atoms with van der Waals surface area (Å²) in [7, 11) is 1.81. The fourth-order valence-corrected chi connectivity index (χ4v) is 2.76. The van der Waals surface area contributed by atoms with Crippen LogP contribution in [0.3, 0.4) is 0 Å². The van der Waals surface area contributed by atoms with Gasteiger partial charge in [-0.05, 0) is 31.2 Å². The van der Waals surface area contributed by atoms with Crippen LogP contribution in [-0.2, 0) is 11.8 Å². The zero-order valence-electron chi connectivity index (χ0n) is 15.8. The number of amides is 1. The Hall–Kier alpha value is -3.45. The molecule has 1 heterocycles. The highest BCUT2D eigenvalue weighted by atomic mass is 16.5. The number of ketones is 1. The fraction of sp³-hybridized carbons (Fsp3) is 0.190. The zero-order valence-corrected chi connectivity index (χ0v) is 15.8. The molecule has 7 nitrogen and oxygen atoms in total. The molecule has 144 valence electrons. The highest BCUT2D eigenvalue weighted by Gasteiger charge is 2.18. The molecule has 7 heteroatoms. The number of aryl methyl sites for hydroxylation is 2. The molecule has 0 bridgehead atoms. The lowest BCUT2D eigenvalue weighted by Gasteiger charge is -2.13. The number of Topliss-reactive ketones (excluding diaryl/α,β-unsaturated/α-hetero) is 1. The van der Waals surface area contributed by atoms with Gasteiger partial charge in [-0.15, -0.1) is 0 Å². The summed E-state index contributed by atoms with van der Waals surface area (Å²) in [4.78, 5) is 24.8. The normalized spacial score (nSPS) is 10.5. The number of hydrogen-bond donors (Lipinski definition) is 2. The summed E-state index contributed by atoms with van der Waals surface area (Å²) < 4.78 is 7.41. The number of hydrogen-bond acceptors (Lipinski definition) is 5. The summed E-state index contributed by atoms with van der Waals surface area (Å²) in [5, 5.41) is 6.84. The smallest absolute Gasteiger partial charge is 0.296 e. The Morgan fingerprint density at radius 3 is 2.54 bits per heavy atom. The van der Waals surface area contributed by atoms with Crippen LogP contribution in [0.4, 0.5) is 5.69 Å². The molecule has 3 rings (SSSR count). The number of carbonyl (C=O) groups is 2. The van der Waals surface area contributed by atoms with E-state index in [1.165, 1.54) is 0 Å². The number of carbonyl (C=O) groups excluding carboxylic acids is 2. The van der Waals surface area contributed by atoms with E-state index >= 15 is 0 Å². The molecule has 0 aliphatic rings. The molecule has 1 amide bonds. The van der Waals surface area contributed by atoms with Crippen LogP contribution >= 0.6 is 0 Å². The van der Waals surface area contributed by atoms with Crippen LogP contribution in [0, 0.1) is 6.92 Å². The van der Waals surface area contributed by atoms with Gasteiger partial charge in [0.2, 0.25) is 0 Å². The predicted octanol–water partition coefficient (Wildman–Crippen LogP) is 2.55. The van der Waals surface area contributed by atoms with Gasteiger partial charge in [-0.1, -0.05) is 29.8 Å². The molecular weight excluding hydrogens is 356 g/mol. The molecule has 0 unspecified atom stereocenters. The Morgan fingerprint density at radius 2 is 1.89 bits per heavy atom. The molecule has 0 aliphatic heterocycles. The quantitative estimate of drug-likeness (QED) is 0.486. The Bertz CT molecular complexity index is 993. The predicted molar refractivity (Wildman–Crippen MR) is 107 cm³/mol. The van der Waals surface area contributed by atoms with E-state index in [2.05, 4.69) is 10.4 Å². The third-order valence-corrected chi connectivity index (χ3v) is 4.23. The van der Waals surface area contributed by atoms with Crippen LogP contribution in [0.25, 0.3) is 11.3 Å². The highest BCUT2D eigenvalue weighted by Crippen LogP contribution is 2.32. The number of benzene rings is 2. The molecule has 0 spiro atoms. The van der Waals surface area contributed by atoms with Crippen molar-refractivity contribution in [2.24, 2.45) is 12.8 Å². The number of nitrogens with one attached hydrogen (secondary N) is 1. The van der Waals surface area contributed by atoms with Crippen molar-refractivity contribution in [1.82, 2.24) is 9.78 Å². The van der Waals surface area contributed by atoms with E-state index in [-0.39, 0.29) is 0 Å². The van der Waals surface area contributed by atoms with E-state index in [0.29, 0.717) is 30.2 Å². The second-order valence-corrected chi connectivity index (χ2v) is 6.34. The molecule has 1 aromatic heterocycles. The molecule has 2 aromatic carbocycles. The van der Waals surface area contributed by atoms with Crippen LogP contribution < -0.4 is 15.8 Å². The van der Waals surface area contributed by atoms with Crippen molar-refractivity contribution in [1.29, 1.82) is 0 Å². The Labute approximate surface area is 163 Å². The molecule has 0 radical (unpaired) electrons. The van der Waals surface area contributed by atoms with Crippen LogP contribution in [0.5, 0.6) is 5.75 Å². The minimum atomic E-state index is -0.699. The zero-order chi connectivity index (χ0) is 20.1. The second kappa shape index (κ2) is 8.49. The lowest BCUT2D eigenvalue weighted by atomic mass is 10.1. The van der Waals surface area contributed by atoms with Crippen molar-refractivity contribution in [3.63, 3.8) is 0 Å². The van der Waals surface area contributed by atoms with Gasteiger partial charge in [0.25, 0.3) is 11.7 Å². The Balaban J connectivity index is 1.86. The molecule has 0 saturated carbocycles. The number of anilines is 1. The lowest BCUT2D eigenvalue weighted by molar-refractivity contribution is -0.112. The lowest BCUT2D eigenvalue weighted by Crippen LogP contribution is -2.22. The average Bonchev–Trinajstić information content (AvgIpc) is 3.12. The second-order valence-electron chi connectivity index (χ2n) is 6.34. The molecule has 0 saturated heterocycles. The van der Waals surface area contributed by atoms with Gasteiger partial charge in [-0.3, -0.25) is 14.3 Å². The number of nitrogens with zero attached hydrogens (tertiary/aromatic N) is 2. The average molecular weight is 378 g/mol. The molecule has 0 atom stereocenters. The first-order chi connectivity index (χ1) is 13.5. The minimum Gasteiger partial charge on any atom is -0.492 e. The highest BCUT2D eigenvalue weighted by molar-refractivity contribution is 6.46. The molecular formula is C21H22N4O3. The first-order valence-electron chi connectivity index (χ1n) is 8.87. The van der Waals surface area contributed by atoms with Gasteiger partial charge in [0.15, 0.2) is 0 Å². The van der Waals surface area contributed by atoms with E-state index in [1.54, 1.807) is 53.3 Å². The van der Waals surface area contributed by atoms with Crippen molar-refractivity contribution in [2.75, 3.05) is 18.5 Å². The van der Waals surface area contributed by atoms with Crippen molar-refractivity contribution < 1.29 is 14.3 Å². The van der Waals surface area contributed by atoms with Gasteiger partial charge >= 0.3 is 0 Å². The minimum absolute atomic E-state index is 0.345. The van der Waals surface area contributed by atoms with E-state index in [1.807, 2.05) is 20.0 Å². The van der Waals surface area contributed by atoms with Crippen molar-refractivity contribution in [3.8, 4) is 17.0 Å². The van der Waals surface area contributed by atoms with Gasteiger partial charge in [0, 0.05) is 36.6 Å². The maximum Gasteiger partial charge on any atom is 0.296 e. The number of nitrogens with two attached hydrogens (primary N) is 1. The van der Waals surface area contributed by atoms with Gasteiger partial charge in [-0.25, -0.2) is 0 Å². The summed E-state index contributed by atoms with van der Waals surface area (Å²) in [6.07, 6.45) is 1.67. The molecule has 28 heavy (non-hydrogen) atoms. The standard InChI is InChI=1S/C21H22N4O3/c1-14-3-5-15(6-4-14)20(26)21(27)24-16-7-8-19(28-12-10-22)17(13-16)18-9-11-23-25(18)2/h3-9,11,13H,10,12,22H2,1-2H3,(H,24,27). The SMILES string of the molecule is Cc1ccc(C(=O)C(=O)Nc2ccc(OCCN)c(-c3ccnn3C)c2)cc1. The molecule has 3 aromatic rings. The maximum absolute atomic E-state index is 12.4. The topological polar surface area (TPSA) is 99.2 Å². The number of ether oxygens (including phenoxy) is 1.